The van der Waals surface area contributed by atoms with Crippen LogP contribution >= 0.6 is 0 Å². The number of aryl methyl sites for hydroxylation is 2. The lowest BCUT2D eigenvalue weighted by molar-refractivity contribution is -0.121. The Bertz CT molecular complexity index is 723. The molecule has 0 spiro atoms. The first kappa shape index (κ1) is 18.7. The summed E-state index contributed by atoms with van der Waals surface area (Å²) in [5, 5.41) is 5.85. The molecule has 4 heteroatoms. The number of hydrogen-bond donors (Lipinski definition) is 2. The van der Waals surface area contributed by atoms with Crippen molar-refractivity contribution in [3.05, 3.63) is 70.8 Å². The lowest BCUT2D eigenvalue weighted by atomic mass is 10.0. The van der Waals surface area contributed by atoms with Gasteiger partial charge in [0.1, 0.15) is 0 Å². The maximum atomic E-state index is 12.2. The van der Waals surface area contributed by atoms with Crippen molar-refractivity contribution in [2.45, 2.75) is 39.7 Å². The number of nitrogens with one attached hydrogen (secondary N) is 2. The van der Waals surface area contributed by atoms with Crippen LogP contribution in [0.2, 0.25) is 0 Å². The Balaban J connectivity index is 1.82. The van der Waals surface area contributed by atoms with E-state index in [1.807, 2.05) is 63.2 Å². The molecular formula is C21H26N2O2. The van der Waals surface area contributed by atoms with Gasteiger partial charge in [0.15, 0.2) is 0 Å². The van der Waals surface area contributed by atoms with E-state index in [-0.39, 0.29) is 24.3 Å². The molecule has 0 fully saturated rings. The molecule has 4 nitrogen and oxygen atoms in total. The highest BCUT2D eigenvalue weighted by atomic mass is 16.2. The number of benzene rings is 2. The third kappa shape index (κ3) is 5.45. The maximum Gasteiger partial charge on any atom is 0.251 e. The van der Waals surface area contributed by atoms with E-state index >= 15 is 0 Å². The molecule has 1 atom stereocenters. The van der Waals surface area contributed by atoms with E-state index in [2.05, 4.69) is 10.6 Å². The zero-order valence-corrected chi connectivity index (χ0v) is 15.1. The van der Waals surface area contributed by atoms with E-state index in [0.29, 0.717) is 12.1 Å². The first-order valence-electron chi connectivity index (χ1n) is 8.71. The molecule has 0 radical (unpaired) electrons. The molecule has 0 saturated carbocycles. The molecule has 25 heavy (non-hydrogen) atoms. The van der Waals surface area contributed by atoms with Gasteiger partial charge in [0, 0.05) is 18.5 Å². The molecule has 2 aromatic rings. The molecule has 0 heterocycles. The van der Waals surface area contributed by atoms with E-state index in [4.69, 9.17) is 0 Å². The molecule has 0 aromatic heterocycles. The van der Waals surface area contributed by atoms with E-state index in [1.165, 1.54) is 5.56 Å². The van der Waals surface area contributed by atoms with E-state index in [0.717, 1.165) is 17.5 Å². The molecule has 0 aliphatic rings. The minimum atomic E-state index is -0.142. The van der Waals surface area contributed by atoms with Crippen molar-refractivity contribution in [3.63, 3.8) is 0 Å². The smallest absolute Gasteiger partial charge is 0.251 e. The van der Waals surface area contributed by atoms with E-state index < -0.39 is 0 Å². The molecule has 0 bridgehead atoms. The molecule has 0 saturated heterocycles. The maximum absolute atomic E-state index is 12.2. The second kappa shape index (κ2) is 9.02. The van der Waals surface area contributed by atoms with Gasteiger partial charge in [-0.2, -0.15) is 0 Å². The topological polar surface area (TPSA) is 58.2 Å². The Morgan fingerprint density at radius 1 is 1.00 bits per heavy atom. The summed E-state index contributed by atoms with van der Waals surface area (Å²) in [6.45, 7) is 6.31. The molecule has 0 aliphatic carbocycles. The molecular weight excluding hydrogens is 312 g/mol. The Labute approximate surface area is 149 Å². The van der Waals surface area contributed by atoms with E-state index in [1.54, 1.807) is 6.07 Å². The van der Waals surface area contributed by atoms with Gasteiger partial charge in [-0.1, -0.05) is 55.0 Å². The van der Waals surface area contributed by atoms with Crippen LogP contribution in [0, 0.1) is 13.8 Å². The minimum absolute atomic E-state index is 0.000157. The van der Waals surface area contributed by atoms with Crippen molar-refractivity contribution in [2.24, 2.45) is 0 Å². The predicted octanol–water partition coefficient (Wildman–Crippen LogP) is 3.69. The average Bonchev–Trinajstić information content (AvgIpc) is 2.61. The van der Waals surface area contributed by atoms with Crippen LogP contribution in [0.5, 0.6) is 0 Å². The van der Waals surface area contributed by atoms with Crippen molar-refractivity contribution in [1.82, 2.24) is 10.6 Å². The lowest BCUT2D eigenvalue weighted by Gasteiger charge is -2.18. The Morgan fingerprint density at radius 3 is 2.32 bits per heavy atom. The molecule has 0 aliphatic heterocycles. The van der Waals surface area contributed by atoms with Gasteiger partial charge in [0.2, 0.25) is 5.91 Å². The van der Waals surface area contributed by atoms with Crippen LogP contribution in [0.3, 0.4) is 0 Å². The summed E-state index contributed by atoms with van der Waals surface area (Å²) >= 11 is 0. The van der Waals surface area contributed by atoms with Crippen molar-refractivity contribution in [1.29, 1.82) is 0 Å². The number of carbonyl (C=O) groups is 2. The first-order valence-corrected chi connectivity index (χ1v) is 8.71. The Kier molecular flexibility index (Phi) is 6.75. The second-order valence-electron chi connectivity index (χ2n) is 6.26. The largest absolute Gasteiger partial charge is 0.352 e. The second-order valence-corrected chi connectivity index (χ2v) is 6.26. The van der Waals surface area contributed by atoms with Crippen LogP contribution in [0.1, 0.15) is 52.9 Å². The minimum Gasteiger partial charge on any atom is -0.352 e. The van der Waals surface area contributed by atoms with Gasteiger partial charge >= 0.3 is 0 Å². The molecule has 2 amide bonds. The van der Waals surface area contributed by atoms with Gasteiger partial charge < -0.3 is 10.6 Å². The first-order chi connectivity index (χ1) is 12.0. The molecule has 0 unspecified atom stereocenters. The van der Waals surface area contributed by atoms with E-state index in [9.17, 15) is 9.59 Å². The van der Waals surface area contributed by atoms with Crippen LogP contribution in [-0.2, 0) is 4.79 Å². The summed E-state index contributed by atoms with van der Waals surface area (Å²) in [7, 11) is 0. The number of hydrogen-bond acceptors (Lipinski definition) is 2. The van der Waals surface area contributed by atoms with Crippen LogP contribution in [-0.4, -0.2) is 18.4 Å². The summed E-state index contributed by atoms with van der Waals surface area (Å²) in [5.74, 6) is -0.200. The fourth-order valence-corrected chi connectivity index (χ4v) is 2.70. The highest BCUT2D eigenvalue weighted by Gasteiger charge is 2.13. The third-order valence-electron chi connectivity index (χ3n) is 4.25. The third-order valence-corrected chi connectivity index (χ3v) is 4.25. The van der Waals surface area contributed by atoms with Gasteiger partial charge in [-0.25, -0.2) is 0 Å². The number of amides is 2. The summed E-state index contributed by atoms with van der Waals surface area (Å²) in [4.78, 5) is 24.3. The highest BCUT2D eigenvalue weighted by Crippen LogP contribution is 2.17. The Morgan fingerprint density at radius 2 is 1.68 bits per heavy atom. The van der Waals surface area contributed by atoms with Crippen molar-refractivity contribution in [3.8, 4) is 0 Å². The monoisotopic (exact) mass is 338 g/mol. The lowest BCUT2D eigenvalue weighted by Crippen LogP contribution is -2.33. The van der Waals surface area contributed by atoms with Gasteiger partial charge in [-0.05, 0) is 37.5 Å². The van der Waals surface area contributed by atoms with Crippen molar-refractivity contribution < 1.29 is 9.59 Å². The highest BCUT2D eigenvalue weighted by molar-refractivity contribution is 5.95. The zero-order valence-electron chi connectivity index (χ0n) is 15.1. The zero-order chi connectivity index (χ0) is 18.2. The molecule has 2 N–H and O–H groups in total. The fourth-order valence-electron chi connectivity index (χ4n) is 2.70. The Hall–Kier alpha value is -2.62. The van der Waals surface area contributed by atoms with Gasteiger partial charge in [-0.15, -0.1) is 0 Å². The summed E-state index contributed by atoms with van der Waals surface area (Å²) < 4.78 is 0. The summed E-state index contributed by atoms with van der Waals surface area (Å²) in [5.41, 5.74) is 3.87. The average molecular weight is 338 g/mol. The number of rotatable bonds is 7. The standard InChI is InChI=1S/C21H26N2O2/c1-4-19(17-11-9-15(2)10-12-17)23-20(24)13-14-22-21(25)18-8-6-5-7-16(18)3/h5-12,19H,4,13-14H2,1-3H3,(H,22,25)(H,23,24)/t19-/m1/s1. The predicted molar refractivity (Wildman–Crippen MR) is 100 cm³/mol. The SMILES string of the molecule is CC[C@@H](NC(=O)CCNC(=O)c1ccccc1C)c1ccc(C)cc1. The van der Waals surface area contributed by atoms with Gasteiger partial charge in [0.05, 0.1) is 6.04 Å². The van der Waals surface area contributed by atoms with Crippen LogP contribution in [0.15, 0.2) is 48.5 Å². The van der Waals surface area contributed by atoms with Crippen LogP contribution in [0.25, 0.3) is 0 Å². The van der Waals surface area contributed by atoms with Crippen LogP contribution < -0.4 is 10.6 Å². The van der Waals surface area contributed by atoms with Crippen molar-refractivity contribution in [2.75, 3.05) is 6.54 Å². The number of carbonyl (C=O) groups excluding carboxylic acids is 2. The molecule has 2 aromatic carbocycles. The quantitative estimate of drug-likeness (QED) is 0.809. The van der Waals surface area contributed by atoms with Gasteiger partial charge in [0.25, 0.3) is 5.91 Å². The normalized spacial score (nSPS) is 11.6. The van der Waals surface area contributed by atoms with Crippen molar-refractivity contribution >= 4 is 11.8 Å². The summed E-state index contributed by atoms with van der Waals surface area (Å²) in [6.07, 6.45) is 1.09. The summed E-state index contributed by atoms with van der Waals surface area (Å²) in [6, 6.07) is 15.6. The molecule has 2 rings (SSSR count). The van der Waals surface area contributed by atoms with Crippen LogP contribution in [0.4, 0.5) is 0 Å². The molecule has 132 valence electrons. The van der Waals surface area contributed by atoms with Gasteiger partial charge in [-0.3, -0.25) is 9.59 Å². The fraction of sp³-hybridized carbons (Fsp3) is 0.333.